The highest BCUT2D eigenvalue weighted by molar-refractivity contribution is 6.07. The van der Waals surface area contributed by atoms with Gasteiger partial charge in [0.1, 0.15) is 5.54 Å². The van der Waals surface area contributed by atoms with Crippen LogP contribution in [0.15, 0.2) is 0 Å². The molecular weight excluding hydrogens is 232 g/mol. The summed E-state index contributed by atoms with van der Waals surface area (Å²) in [6, 6.07) is -0.834. The zero-order valence-electron chi connectivity index (χ0n) is 11.3. The van der Waals surface area contributed by atoms with Crippen LogP contribution in [0.5, 0.6) is 0 Å². The summed E-state index contributed by atoms with van der Waals surface area (Å²) in [5.41, 5.74) is -0.702. The Morgan fingerprint density at radius 2 is 1.89 bits per heavy atom. The molecule has 2 atom stereocenters. The Morgan fingerprint density at radius 3 is 2.39 bits per heavy atom. The highest BCUT2D eigenvalue weighted by atomic mass is 16.3. The molecule has 5 heteroatoms. The van der Waals surface area contributed by atoms with E-state index < -0.39 is 17.7 Å². The largest absolute Gasteiger partial charge is 0.391 e. The lowest BCUT2D eigenvalue weighted by Crippen LogP contribution is -2.50. The van der Waals surface area contributed by atoms with E-state index >= 15 is 0 Å². The van der Waals surface area contributed by atoms with Gasteiger partial charge in [-0.2, -0.15) is 0 Å². The summed E-state index contributed by atoms with van der Waals surface area (Å²) in [6.07, 6.45) is 2.63. The van der Waals surface area contributed by atoms with E-state index in [1.54, 1.807) is 13.8 Å². The van der Waals surface area contributed by atoms with Gasteiger partial charge in [-0.3, -0.25) is 9.69 Å². The van der Waals surface area contributed by atoms with Crippen LogP contribution in [0.25, 0.3) is 0 Å². The van der Waals surface area contributed by atoms with E-state index in [1.807, 2.05) is 0 Å². The molecule has 0 radical (unpaired) electrons. The lowest BCUT2D eigenvalue weighted by atomic mass is 9.77. The first kappa shape index (κ1) is 13.3. The van der Waals surface area contributed by atoms with Gasteiger partial charge in [0.05, 0.1) is 12.1 Å². The van der Waals surface area contributed by atoms with Gasteiger partial charge in [-0.15, -0.1) is 0 Å². The maximum atomic E-state index is 12.5. The Labute approximate surface area is 108 Å². The second-order valence-corrected chi connectivity index (χ2v) is 5.85. The maximum Gasteiger partial charge on any atom is 0.325 e. The molecular formula is C13H22N2O3. The third kappa shape index (κ3) is 2.00. The summed E-state index contributed by atoms with van der Waals surface area (Å²) in [4.78, 5) is 25.6. The molecule has 2 unspecified atom stereocenters. The highest BCUT2D eigenvalue weighted by Gasteiger charge is 2.53. The summed E-state index contributed by atoms with van der Waals surface area (Å²) in [5, 5.41) is 12.4. The molecule has 0 aromatic carbocycles. The minimum Gasteiger partial charge on any atom is -0.391 e. The molecule has 2 fully saturated rings. The van der Waals surface area contributed by atoms with Crippen LogP contribution in [0.3, 0.4) is 0 Å². The average Bonchev–Trinajstić information content (AvgIpc) is 2.54. The minimum atomic E-state index is -0.711. The van der Waals surface area contributed by atoms with Crippen molar-refractivity contribution in [1.82, 2.24) is 10.2 Å². The molecule has 5 nitrogen and oxygen atoms in total. The molecule has 2 rings (SSSR count). The number of nitrogens with one attached hydrogen (secondary N) is 1. The van der Waals surface area contributed by atoms with Crippen LogP contribution in [-0.4, -0.2) is 39.6 Å². The molecule has 1 aliphatic carbocycles. The number of imide groups is 1. The first-order valence-electron chi connectivity index (χ1n) is 6.71. The van der Waals surface area contributed by atoms with E-state index in [0.29, 0.717) is 18.8 Å². The van der Waals surface area contributed by atoms with Crippen molar-refractivity contribution in [3.05, 3.63) is 0 Å². The van der Waals surface area contributed by atoms with E-state index in [0.717, 1.165) is 12.8 Å². The van der Waals surface area contributed by atoms with Gasteiger partial charge >= 0.3 is 6.03 Å². The number of amides is 3. The molecule has 1 saturated carbocycles. The lowest BCUT2D eigenvalue weighted by molar-refractivity contribution is -0.135. The van der Waals surface area contributed by atoms with Crippen molar-refractivity contribution in [2.75, 3.05) is 0 Å². The van der Waals surface area contributed by atoms with Crippen LogP contribution in [0.4, 0.5) is 4.79 Å². The zero-order chi connectivity index (χ0) is 13.5. The zero-order valence-corrected chi connectivity index (χ0v) is 11.3. The maximum absolute atomic E-state index is 12.5. The number of carbonyl (C=O) groups is 2. The molecule has 3 amide bonds. The number of aliphatic hydroxyl groups is 1. The van der Waals surface area contributed by atoms with Gasteiger partial charge in [0, 0.05) is 0 Å². The van der Waals surface area contributed by atoms with Gasteiger partial charge in [-0.25, -0.2) is 4.79 Å². The third-order valence-corrected chi connectivity index (χ3v) is 4.43. The Kier molecular flexibility index (Phi) is 3.36. The van der Waals surface area contributed by atoms with E-state index in [9.17, 15) is 14.7 Å². The van der Waals surface area contributed by atoms with Crippen LogP contribution in [0.1, 0.15) is 46.5 Å². The molecule has 1 heterocycles. The summed E-state index contributed by atoms with van der Waals surface area (Å²) in [6.45, 7) is 5.47. The van der Waals surface area contributed by atoms with E-state index in [2.05, 4.69) is 12.2 Å². The van der Waals surface area contributed by atoms with Gasteiger partial charge in [0.25, 0.3) is 5.91 Å². The number of nitrogens with zero attached hydrogens (tertiary/aromatic N) is 1. The predicted octanol–water partition coefficient (Wildman–Crippen LogP) is 1.26. The fourth-order valence-electron chi connectivity index (χ4n) is 2.82. The van der Waals surface area contributed by atoms with Gasteiger partial charge in [0.2, 0.25) is 0 Å². The second kappa shape index (κ2) is 4.53. The number of hydrogen-bond donors (Lipinski definition) is 2. The summed E-state index contributed by atoms with van der Waals surface area (Å²) in [5.74, 6) is 0.455. The van der Waals surface area contributed by atoms with E-state index in [1.165, 1.54) is 4.90 Å². The first-order chi connectivity index (χ1) is 8.37. The topological polar surface area (TPSA) is 69.6 Å². The average molecular weight is 254 g/mol. The molecule has 0 aromatic rings. The van der Waals surface area contributed by atoms with Crippen molar-refractivity contribution in [3.63, 3.8) is 0 Å². The van der Waals surface area contributed by atoms with Crippen LogP contribution in [-0.2, 0) is 4.79 Å². The smallest absolute Gasteiger partial charge is 0.325 e. The molecule has 1 spiro atoms. The molecule has 2 N–H and O–H groups in total. The van der Waals surface area contributed by atoms with Crippen molar-refractivity contribution >= 4 is 11.9 Å². The van der Waals surface area contributed by atoms with E-state index in [4.69, 9.17) is 0 Å². The molecule has 1 saturated heterocycles. The standard InChI is InChI=1S/C13H22N2O3/c1-8-4-6-13(7-5-8)11(17)15(12(18)14-13)9(2)10(3)16/h8-10,16H,4-7H2,1-3H3,(H,14,18). The number of urea groups is 1. The molecule has 18 heavy (non-hydrogen) atoms. The molecule has 2 aliphatic rings. The fourth-order valence-corrected chi connectivity index (χ4v) is 2.82. The monoisotopic (exact) mass is 254 g/mol. The van der Waals surface area contributed by atoms with Gasteiger partial charge in [-0.05, 0) is 45.4 Å². The second-order valence-electron chi connectivity index (χ2n) is 5.85. The van der Waals surface area contributed by atoms with Gasteiger partial charge < -0.3 is 10.4 Å². The van der Waals surface area contributed by atoms with Crippen LogP contribution in [0, 0.1) is 5.92 Å². The molecule has 102 valence electrons. The Balaban J connectivity index is 2.19. The Bertz CT molecular complexity index is 359. The first-order valence-corrected chi connectivity index (χ1v) is 6.71. The van der Waals surface area contributed by atoms with Gasteiger partial charge in [0.15, 0.2) is 0 Å². The Morgan fingerprint density at radius 1 is 1.33 bits per heavy atom. The summed E-state index contributed by atoms with van der Waals surface area (Å²) >= 11 is 0. The molecule has 0 aromatic heterocycles. The van der Waals surface area contributed by atoms with Crippen molar-refractivity contribution in [1.29, 1.82) is 0 Å². The SMILES string of the molecule is CC1CCC2(CC1)NC(=O)N(C(C)C(C)O)C2=O. The van der Waals surface area contributed by atoms with E-state index in [-0.39, 0.29) is 11.9 Å². The number of aliphatic hydroxyl groups excluding tert-OH is 1. The van der Waals surface area contributed by atoms with Crippen molar-refractivity contribution < 1.29 is 14.7 Å². The Hall–Kier alpha value is -1.10. The van der Waals surface area contributed by atoms with Crippen molar-refractivity contribution in [3.8, 4) is 0 Å². The van der Waals surface area contributed by atoms with Crippen molar-refractivity contribution in [2.24, 2.45) is 5.92 Å². The summed E-state index contributed by atoms with van der Waals surface area (Å²) < 4.78 is 0. The fraction of sp³-hybridized carbons (Fsp3) is 0.846. The quantitative estimate of drug-likeness (QED) is 0.729. The minimum absolute atomic E-state index is 0.159. The number of rotatable bonds is 2. The predicted molar refractivity (Wildman–Crippen MR) is 66.9 cm³/mol. The van der Waals surface area contributed by atoms with Crippen LogP contribution < -0.4 is 5.32 Å². The lowest BCUT2D eigenvalue weighted by Gasteiger charge is -2.34. The molecule has 0 bridgehead atoms. The number of carbonyl (C=O) groups excluding carboxylic acids is 2. The van der Waals surface area contributed by atoms with Crippen LogP contribution >= 0.6 is 0 Å². The highest BCUT2D eigenvalue weighted by Crippen LogP contribution is 2.37. The van der Waals surface area contributed by atoms with Crippen molar-refractivity contribution in [2.45, 2.75) is 64.1 Å². The number of hydrogen-bond acceptors (Lipinski definition) is 3. The van der Waals surface area contributed by atoms with Gasteiger partial charge in [-0.1, -0.05) is 6.92 Å². The normalized spacial score (nSPS) is 35.8. The van der Waals surface area contributed by atoms with Crippen LogP contribution in [0.2, 0.25) is 0 Å². The molecule has 1 aliphatic heterocycles. The summed E-state index contributed by atoms with van der Waals surface area (Å²) in [7, 11) is 0. The third-order valence-electron chi connectivity index (χ3n) is 4.43.